The van der Waals surface area contributed by atoms with Gasteiger partial charge in [0.1, 0.15) is 22.7 Å². The van der Waals surface area contributed by atoms with Crippen molar-refractivity contribution < 1.29 is 23.5 Å². The Kier molecular flexibility index (Phi) is 7.54. The number of hydrogen-bond acceptors (Lipinski definition) is 5. The van der Waals surface area contributed by atoms with Crippen molar-refractivity contribution in [1.82, 2.24) is 25.5 Å². The number of aromatic amines is 1. The average molecular weight is 514 g/mol. The van der Waals surface area contributed by atoms with E-state index >= 15 is 0 Å². The van der Waals surface area contributed by atoms with Gasteiger partial charge in [-0.05, 0) is 43.2 Å². The third-order valence-corrected chi connectivity index (χ3v) is 5.97. The van der Waals surface area contributed by atoms with Crippen LogP contribution in [0.25, 0.3) is 10.9 Å². The Labute approximate surface area is 211 Å². The summed E-state index contributed by atoms with van der Waals surface area (Å²) < 4.78 is 18.3. The van der Waals surface area contributed by atoms with Crippen LogP contribution >= 0.6 is 11.6 Å². The Balaban J connectivity index is 1.49. The predicted octanol–water partition coefficient (Wildman–Crippen LogP) is 3.56. The monoisotopic (exact) mass is 513 g/mol. The van der Waals surface area contributed by atoms with Gasteiger partial charge in [-0.15, -0.1) is 0 Å². The summed E-state index contributed by atoms with van der Waals surface area (Å²) >= 11 is 5.93. The van der Waals surface area contributed by atoms with E-state index in [9.17, 15) is 18.8 Å². The Hall–Kier alpha value is -3.92. The first-order chi connectivity index (χ1) is 17.2. The summed E-state index contributed by atoms with van der Waals surface area (Å²) in [6, 6.07) is 7.78. The third kappa shape index (κ3) is 6.19. The number of benzene rings is 1. The number of hydrogen-bond donors (Lipinski definition) is 3. The van der Waals surface area contributed by atoms with Crippen LogP contribution in [0.4, 0.5) is 9.18 Å². The second-order valence-electron chi connectivity index (χ2n) is 8.64. The van der Waals surface area contributed by atoms with Gasteiger partial charge in [0.15, 0.2) is 0 Å². The number of halogens is 2. The van der Waals surface area contributed by atoms with Gasteiger partial charge in [0.2, 0.25) is 5.91 Å². The van der Waals surface area contributed by atoms with Gasteiger partial charge in [0.05, 0.1) is 23.5 Å². The molecule has 0 spiro atoms. The number of aromatic nitrogens is 2. The van der Waals surface area contributed by atoms with Crippen molar-refractivity contribution in [1.29, 1.82) is 0 Å². The molecule has 0 radical (unpaired) electrons. The van der Waals surface area contributed by atoms with Gasteiger partial charge in [-0.2, -0.15) is 0 Å². The average Bonchev–Trinajstić information content (AvgIpc) is 3.45. The minimum Gasteiger partial charge on any atom is -0.416 e. The fraction of sp³-hybridized carbons (Fsp3) is 0.280. The summed E-state index contributed by atoms with van der Waals surface area (Å²) in [4.78, 5) is 47.0. The summed E-state index contributed by atoms with van der Waals surface area (Å²) in [7, 11) is 0. The first-order valence-electron chi connectivity index (χ1n) is 11.3. The lowest BCUT2D eigenvalue weighted by Gasteiger charge is -2.24. The number of rotatable bonds is 7. The van der Waals surface area contributed by atoms with Crippen molar-refractivity contribution >= 4 is 40.4 Å². The van der Waals surface area contributed by atoms with E-state index in [0.717, 1.165) is 0 Å². The molecule has 9 nitrogen and oxygen atoms in total. The summed E-state index contributed by atoms with van der Waals surface area (Å²) in [5, 5.41) is 6.51. The van der Waals surface area contributed by atoms with Gasteiger partial charge in [0.25, 0.3) is 5.91 Å². The number of carbonyl (C=O) groups is 3. The van der Waals surface area contributed by atoms with E-state index in [4.69, 9.17) is 16.3 Å². The van der Waals surface area contributed by atoms with Crippen molar-refractivity contribution in [2.24, 2.45) is 0 Å². The van der Waals surface area contributed by atoms with Crippen LogP contribution in [0.2, 0.25) is 5.15 Å². The van der Waals surface area contributed by atoms with Crippen LogP contribution in [0, 0.1) is 5.82 Å². The Morgan fingerprint density at radius 1 is 1.31 bits per heavy atom. The van der Waals surface area contributed by atoms with Gasteiger partial charge in [-0.1, -0.05) is 30.3 Å². The van der Waals surface area contributed by atoms with E-state index in [1.54, 1.807) is 36.1 Å². The first kappa shape index (κ1) is 25.2. The van der Waals surface area contributed by atoms with Crippen molar-refractivity contribution in [3.63, 3.8) is 0 Å². The van der Waals surface area contributed by atoms with Crippen LogP contribution < -0.4 is 10.6 Å². The Bertz CT molecular complexity index is 1310. The van der Waals surface area contributed by atoms with Crippen LogP contribution in [0.15, 0.2) is 54.9 Å². The molecular weight excluding hydrogens is 489 g/mol. The van der Waals surface area contributed by atoms with Crippen LogP contribution in [-0.2, 0) is 16.0 Å². The number of nitrogens with zero attached hydrogens (tertiary/aromatic N) is 2. The number of ether oxygens (including phenoxy) is 1. The molecule has 188 valence electrons. The van der Waals surface area contributed by atoms with Crippen LogP contribution in [-0.4, -0.2) is 57.9 Å². The number of carbonyl (C=O) groups excluding carboxylic acids is 3. The number of H-pyrrole nitrogens is 1. The summed E-state index contributed by atoms with van der Waals surface area (Å²) in [5.74, 6) is -0.936. The summed E-state index contributed by atoms with van der Waals surface area (Å²) in [5.41, 5.74) is 1.55. The molecule has 0 aliphatic carbocycles. The van der Waals surface area contributed by atoms with E-state index in [1.165, 1.54) is 18.3 Å². The lowest BCUT2D eigenvalue weighted by molar-refractivity contribution is -0.132. The standard InChI is InChI=1S/C25H25ClFN5O4/c1-14(2)36-25(35)29-18-7-8-32(13-18)24(34)20(9-15-3-5-17(27)6-4-15)31-23(33)19-10-16-11-22(26)28-12-21(16)30-19/h3-6,10-12,18,20,30H,1,7-9,13H2,2H3,(H,29,35)(H,31,33)/t18-,20-/m0/s1. The van der Waals surface area contributed by atoms with Crippen molar-refractivity contribution in [3.05, 3.63) is 77.2 Å². The van der Waals surface area contributed by atoms with Crippen LogP contribution in [0.3, 0.4) is 0 Å². The smallest absolute Gasteiger partial charge is 0.412 e. The van der Waals surface area contributed by atoms with E-state index in [-0.39, 0.29) is 36.4 Å². The van der Waals surface area contributed by atoms with Gasteiger partial charge in [-0.25, -0.2) is 14.2 Å². The number of nitrogens with one attached hydrogen (secondary N) is 3. The molecule has 1 aliphatic heterocycles. The van der Waals surface area contributed by atoms with Crippen LogP contribution in [0.1, 0.15) is 29.4 Å². The predicted molar refractivity (Wildman–Crippen MR) is 132 cm³/mol. The molecule has 1 aliphatic rings. The molecule has 0 unspecified atom stereocenters. The second kappa shape index (κ2) is 10.8. The minimum atomic E-state index is -0.919. The van der Waals surface area contributed by atoms with E-state index < -0.39 is 23.9 Å². The molecule has 11 heteroatoms. The molecule has 36 heavy (non-hydrogen) atoms. The van der Waals surface area contributed by atoms with Gasteiger partial charge in [0, 0.05) is 24.9 Å². The molecule has 3 aromatic rings. The molecule has 3 N–H and O–H groups in total. The fourth-order valence-electron chi connectivity index (χ4n) is 4.07. The zero-order valence-electron chi connectivity index (χ0n) is 19.5. The van der Waals surface area contributed by atoms with Crippen molar-refractivity contribution in [2.45, 2.75) is 31.8 Å². The highest BCUT2D eigenvalue weighted by Crippen LogP contribution is 2.19. The van der Waals surface area contributed by atoms with Gasteiger partial charge in [-0.3, -0.25) is 9.59 Å². The maximum atomic E-state index is 13.5. The SMILES string of the molecule is C=C(C)OC(=O)N[C@H]1CCN(C(=O)[C@H](Cc2ccc(F)cc2)NC(=O)c2cc3cc(Cl)ncc3[nH]2)C1. The Morgan fingerprint density at radius 3 is 2.78 bits per heavy atom. The fourth-order valence-corrected chi connectivity index (χ4v) is 4.24. The minimum absolute atomic E-state index is 0.158. The number of allylic oxidation sites excluding steroid dienone is 1. The maximum Gasteiger partial charge on any atom is 0.412 e. The summed E-state index contributed by atoms with van der Waals surface area (Å²) in [6.07, 6.45) is 1.58. The highest BCUT2D eigenvalue weighted by Gasteiger charge is 2.33. The Morgan fingerprint density at radius 2 is 2.06 bits per heavy atom. The normalized spacial score (nSPS) is 16.0. The molecule has 2 atom stereocenters. The highest BCUT2D eigenvalue weighted by atomic mass is 35.5. The summed E-state index contributed by atoms with van der Waals surface area (Å²) in [6.45, 7) is 5.74. The molecule has 1 fully saturated rings. The third-order valence-electron chi connectivity index (χ3n) is 5.76. The van der Waals surface area contributed by atoms with Crippen LogP contribution in [0.5, 0.6) is 0 Å². The lowest BCUT2D eigenvalue weighted by atomic mass is 10.0. The highest BCUT2D eigenvalue weighted by molar-refractivity contribution is 6.30. The van der Waals surface area contributed by atoms with Gasteiger partial charge >= 0.3 is 6.09 Å². The molecule has 3 amide bonds. The zero-order valence-corrected chi connectivity index (χ0v) is 20.3. The number of likely N-dealkylation sites (tertiary alicyclic amines) is 1. The molecular formula is C25H25ClFN5O4. The van der Waals surface area contributed by atoms with E-state index in [0.29, 0.717) is 34.6 Å². The lowest BCUT2D eigenvalue weighted by Crippen LogP contribution is -2.50. The quantitative estimate of drug-likeness (QED) is 0.330. The molecule has 1 aromatic carbocycles. The molecule has 4 rings (SSSR count). The maximum absolute atomic E-state index is 13.5. The second-order valence-corrected chi connectivity index (χ2v) is 9.03. The largest absolute Gasteiger partial charge is 0.416 e. The zero-order chi connectivity index (χ0) is 25.8. The molecule has 0 saturated carbocycles. The number of pyridine rings is 1. The van der Waals surface area contributed by atoms with E-state index in [2.05, 4.69) is 27.2 Å². The molecule has 0 bridgehead atoms. The molecule has 1 saturated heterocycles. The number of alkyl carbamates (subject to hydrolysis) is 1. The number of fused-ring (bicyclic) bond motifs is 1. The molecule has 3 heterocycles. The molecule has 2 aromatic heterocycles. The number of amides is 3. The van der Waals surface area contributed by atoms with Gasteiger partial charge < -0.3 is 25.3 Å². The topological polar surface area (TPSA) is 116 Å². The first-order valence-corrected chi connectivity index (χ1v) is 11.7. The van der Waals surface area contributed by atoms with Crippen molar-refractivity contribution in [2.75, 3.05) is 13.1 Å². The van der Waals surface area contributed by atoms with Crippen molar-refractivity contribution in [3.8, 4) is 0 Å². The van der Waals surface area contributed by atoms with E-state index in [1.807, 2.05) is 0 Å².